The highest BCUT2D eigenvalue weighted by molar-refractivity contribution is 5.58. The summed E-state index contributed by atoms with van der Waals surface area (Å²) in [5, 5.41) is 10.0. The third-order valence-electron chi connectivity index (χ3n) is 8.92. The van der Waals surface area contributed by atoms with Crippen molar-refractivity contribution in [1.82, 2.24) is 4.90 Å². The van der Waals surface area contributed by atoms with E-state index in [2.05, 4.69) is 24.1 Å². The van der Waals surface area contributed by atoms with Crippen LogP contribution in [-0.2, 0) is 46.9 Å². The number of ether oxygens (including phenoxy) is 7. The van der Waals surface area contributed by atoms with Gasteiger partial charge in [0, 0.05) is 29.7 Å². The molecule has 2 aliphatic carbocycles. The number of aliphatic hydroxyl groups excluding tert-OH is 1. The van der Waals surface area contributed by atoms with Crippen LogP contribution in [0.3, 0.4) is 0 Å². The Bertz CT molecular complexity index is 900. The zero-order valence-corrected chi connectivity index (χ0v) is 23.0. The number of benzene rings is 1. The number of aliphatic hydroxyl groups is 1. The van der Waals surface area contributed by atoms with Crippen molar-refractivity contribution in [2.24, 2.45) is 5.92 Å². The molecule has 9 heteroatoms. The molecule has 1 aromatic carbocycles. The molecule has 9 nitrogen and oxygen atoms in total. The molecule has 1 saturated heterocycles. The molecule has 1 saturated carbocycles. The maximum Gasteiger partial charge on any atom is 0.135 e. The molecular weight excluding hydrogens is 490 g/mol. The van der Waals surface area contributed by atoms with Crippen LogP contribution in [0, 0.1) is 5.92 Å². The van der Waals surface area contributed by atoms with Crippen LogP contribution in [0.2, 0.25) is 0 Å². The predicted molar refractivity (Wildman–Crippen MR) is 141 cm³/mol. The van der Waals surface area contributed by atoms with Gasteiger partial charge in [-0.2, -0.15) is 0 Å². The van der Waals surface area contributed by atoms with Crippen molar-refractivity contribution < 1.29 is 38.3 Å². The topological polar surface area (TPSA) is 88.1 Å². The Morgan fingerprint density at radius 3 is 2.24 bits per heavy atom. The molecule has 214 valence electrons. The maximum atomic E-state index is 10.0. The normalized spacial score (nSPS) is 29.3. The average Bonchev–Trinajstić information content (AvgIpc) is 3.28. The molecule has 0 radical (unpaired) electrons. The lowest BCUT2D eigenvalue weighted by Gasteiger charge is -2.58. The second kappa shape index (κ2) is 13.4. The molecular formula is C29H45NO8. The maximum absolute atomic E-state index is 10.0. The SMILES string of the molecule is COCCOCCOCCOCCOCCO[C@H]1CCC2C3Cc4ccc(CO)c5c4[C@@]2(CCN3C)[C@H]1O5. The van der Waals surface area contributed by atoms with Gasteiger partial charge < -0.3 is 43.2 Å². The van der Waals surface area contributed by atoms with Crippen LogP contribution in [0.25, 0.3) is 0 Å². The van der Waals surface area contributed by atoms with E-state index in [4.69, 9.17) is 33.2 Å². The molecule has 1 spiro atoms. The minimum Gasteiger partial charge on any atom is -0.486 e. The highest BCUT2D eigenvalue weighted by Crippen LogP contribution is 2.63. The van der Waals surface area contributed by atoms with E-state index >= 15 is 0 Å². The summed E-state index contributed by atoms with van der Waals surface area (Å²) in [4.78, 5) is 2.55. The molecule has 0 amide bonds. The van der Waals surface area contributed by atoms with Gasteiger partial charge in [0.2, 0.25) is 0 Å². The highest BCUT2D eigenvalue weighted by Gasteiger charge is 2.65. The smallest absolute Gasteiger partial charge is 0.135 e. The summed E-state index contributed by atoms with van der Waals surface area (Å²) in [5.41, 5.74) is 3.69. The van der Waals surface area contributed by atoms with Gasteiger partial charge in [-0.1, -0.05) is 12.1 Å². The highest BCUT2D eigenvalue weighted by atomic mass is 16.6. The number of hydrogen-bond acceptors (Lipinski definition) is 9. The van der Waals surface area contributed by atoms with E-state index in [1.54, 1.807) is 7.11 Å². The zero-order chi connectivity index (χ0) is 26.4. The summed E-state index contributed by atoms with van der Waals surface area (Å²) in [7, 11) is 3.93. The van der Waals surface area contributed by atoms with Crippen LogP contribution in [0.1, 0.15) is 36.0 Å². The first-order chi connectivity index (χ1) is 18.7. The molecule has 5 rings (SSSR count). The Morgan fingerprint density at radius 2 is 1.58 bits per heavy atom. The lowest BCUT2D eigenvalue weighted by Crippen LogP contribution is -2.66. The molecule has 0 aromatic heterocycles. The molecule has 2 unspecified atom stereocenters. The molecule has 4 aliphatic rings. The van der Waals surface area contributed by atoms with E-state index < -0.39 is 0 Å². The minimum absolute atomic E-state index is 0.000998. The monoisotopic (exact) mass is 535 g/mol. The number of likely N-dealkylation sites (tertiary alicyclic amines) is 1. The summed E-state index contributed by atoms with van der Waals surface area (Å²) in [6.07, 6.45) is 4.35. The van der Waals surface area contributed by atoms with Crippen molar-refractivity contribution >= 4 is 0 Å². The standard InChI is InChI=1S/C29H45NO8/c1-30-8-7-29-23-5-6-25(28(29)38-27-22(20-31)4-3-21(26(27)29)19-24(23)30)37-18-17-36-16-15-35-14-13-34-12-11-33-10-9-32-2/h3-4,23-25,28,31H,5-20H2,1-2H3/t23?,24?,25-,28-,29-/m0/s1. The first kappa shape index (κ1) is 28.2. The fourth-order valence-electron chi connectivity index (χ4n) is 7.22. The summed E-state index contributed by atoms with van der Waals surface area (Å²) < 4.78 is 40.2. The van der Waals surface area contributed by atoms with Gasteiger partial charge in [0.25, 0.3) is 0 Å². The fourth-order valence-corrected chi connectivity index (χ4v) is 7.22. The fraction of sp³-hybridized carbons (Fsp3) is 0.793. The second-order valence-electron chi connectivity index (χ2n) is 10.9. The number of methoxy groups -OCH3 is 1. The lowest BCUT2D eigenvalue weighted by atomic mass is 9.51. The first-order valence-corrected chi connectivity index (χ1v) is 14.2. The van der Waals surface area contributed by atoms with Crippen LogP contribution in [0.5, 0.6) is 5.75 Å². The first-order valence-electron chi connectivity index (χ1n) is 14.2. The van der Waals surface area contributed by atoms with Crippen molar-refractivity contribution in [2.75, 3.05) is 86.8 Å². The Morgan fingerprint density at radius 1 is 0.921 bits per heavy atom. The van der Waals surface area contributed by atoms with E-state index in [1.807, 2.05) is 0 Å². The van der Waals surface area contributed by atoms with Gasteiger partial charge in [-0.15, -0.1) is 0 Å². The third kappa shape index (κ3) is 5.63. The van der Waals surface area contributed by atoms with E-state index in [0.29, 0.717) is 78.0 Å². The number of hydrogen-bond donors (Lipinski definition) is 1. The molecule has 2 heterocycles. The predicted octanol–water partition coefficient (Wildman–Crippen LogP) is 1.95. The van der Waals surface area contributed by atoms with Crippen molar-refractivity contribution in [3.63, 3.8) is 0 Å². The van der Waals surface area contributed by atoms with Crippen LogP contribution in [0.4, 0.5) is 0 Å². The molecule has 1 aromatic rings. The number of nitrogens with zero attached hydrogens (tertiary/aromatic N) is 1. The molecule has 2 aliphatic heterocycles. The van der Waals surface area contributed by atoms with Gasteiger partial charge in [0.05, 0.1) is 78.8 Å². The van der Waals surface area contributed by atoms with E-state index in [0.717, 1.165) is 43.5 Å². The molecule has 5 atom stereocenters. The van der Waals surface area contributed by atoms with Crippen molar-refractivity contribution in [1.29, 1.82) is 0 Å². The van der Waals surface area contributed by atoms with Gasteiger partial charge in [0.15, 0.2) is 0 Å². The van der Waals surface area contributed by atoms with Crippen molar-refractivity contribution in [2.45, 2.75) is 56.0 Å². The Labute approximate surface area is 226 Å². The van der Waals surface area contributed by atoms with Crippen LogP contribution in [0.15, 0.2) is 12.1 Å². The van der Waals surface area contributed by atoms with Crippen molar-refractivity contribution in [3.05, 3.63) is 28.8 Å². The summed E-state index contributed by atoms with van der Waals surface area (Å²) in [5.74, 6) is 1.52. The van der Waals surface area contributed by atoms with Gasteiger partial charge in [-0.3, -0.25) is 0 Å². The van der Waals surface area contributed by atoms with Gasteiger partial charge >= 0.3 is 0 Å². The quantitative estimate of drug-likeness (QED) is 0.301. The molecule has 1 N–H and O–H groups in total. The van der Waals surface area contributed by atoms with E-state index in [-0.39, 0.29) is 24.2 Å². The zero-order valence-electron chi connectivity index (χ0n) is 23.0. The Balaban J connectivity index is 1.04. The molecule has 2 fully saturated rings. The van der Waals surface area contributed by atoms with Gasteiger partial charge in [0.1, 0.15) is 11.9 Å². The Kier molecular flexibility index (Phi) is 9.94. The summed E-state index contributed by atoms with van der Waals surface area (Å²) in [6.45, 7) is 6.61. The second-order valence-corrected chi connectivity index (χ2v) is 10.9. The third-order valence-corrected chi connectivity index (χ3v) is 8.92. The number of rotatable bonds is 17. The van der Waals surface area contributed by atoms with E-state index in [9.17, 15) is 5.11 Å². The van der Waals surface area contributed by atoms with Crippen molar-refractivity contribution in [3.8, 4) is 5.75 Å². The van der Waals surface area contributed by atoms with Gasteiger partial charge in [-0.05, 0) is 50.8 Å². The Hall–Kier alpha value is -1.30. The summed E-state index contributed by atoms with van der Waals surface area (Å²) >= 11 is 0. The van der Waals surface area contributed by atoms with Crippen LogP contribution >= 0.6 is 0 Å². The van der Waals surface area contributed by atoms with E-state index in [1.165, 1.54) is 11.1 Å². The molecule has 38 heavy (non-hydrogen) atoms. The minimum atomic E-state index is 0.000998. The number of piperidine rings is 1. The largest absolute Gasteiger partial charge is 0.486 e. The van der Waals surface area contributed by atoms with Crippen LogP contribution < -0.4 is 4.74 Å². The van der Waals surface area contributed by atoms with Crippen LogP contribution in [-0.4, -0.2) is 115 Å². The molecule has 2 bridgehead atoms. The number of likely N-dealkylation sites (N-methyl/N-ethyl adjacent to an activating group) is 1. The van der Waals surface area contributed by atoms with Gasteiger partial charge in [-0.25, -0.2) is 0 Å². The average molecular weight is 536 g/mol. The lowest BCUT2D eigenvalue weighted by molar-refractivity contribution is -0.129. The summed E-state index contributed by atoms with van der Waals surface area (Å²) in [6, 6.07) is 4.83.